The third-order valence-electron chi connectivity index (χ3n) is 1.69. The van der Waals surface area contributed by atoms with Crippen LogP contribution in [0, 0.1) is 0 Å². The summed E-state index contributed by atoms with van der Waals surface area (Å²) in [5.41, 5.74) is 1.10. The van der Waals surface area contributed by atoms with Gasteiger partial charge in [0.15, 0.2) is 0 Å². The van der Waals surface area contributed by atoms with Gasteiger partial charge in [0.25, 0.3) is 0 Å². The zero-order chi connectivity index (χ0) is 9.52. The molecular weight excluding hydrogens is 166 g/mol. The molecule has 0 atom stereocenters. The van der Waals surface area contributed by atoms with E-state index in [4.69, 9.17) is 9.84 Å². The highest BCUT2D eigenvalue weighted by atomic mass is 16.7. The van der Waals surface area contributed by atoms with Gasteiger partial charge in [0.1, 0.15) is 12.4 Å². The number of allylic oxidation sites excluding steroid dienone is 1. The number of hydrogen-bond acceptors (Lipinski definition) is 2. The highest BCUT2D eigenvalue weighted by molar-refractivity contribution is 5.34. The Morgan fingerprint density at radius 3 is 2.92 bits per heavy atom. The van der Waals surface area contributed by atoms with Gasteiger partial charge in [-0.15, -0.1) is 6.58 Å². The van der Waals surface area contributed by atoms with Crippen LogP contribution in [-0.2, 0) is 6.42 Å². The van der Waals surface area contributed by atoms with Crippen LogP contribution in [-0.4, -0.2) is 18.3 Å². The Morgan fingerprint density at radius 2 is 2.23 bits per heavy atom. The molecule has 2 heteroatoms. The van der Waals surface area contributed by atoms with Crippen LogP contribution in [0.2, 0.25) is 0 Å². The third kappa shape index (κ3) is 2.92. The van der Waals surface area contributed by atoms with Crippen LogP contribution >= 0.6 is 0 Å². The van der Waals surface area contributed by atoms with Crippen molar-refractivity contribution < 1.29 is 9.84 Å². The fourth-order valence-corrected chi connectivity index (χ4v) is 1.12. The first-order valence-electron chi connectivity index (χ1n) is 4.31. The van der Waals surface area contributed by atoms with E-state index < -0.39 is 0 Å². The Morgan fingerprint density at radius 1 is 1.46 bits per heavy atom. The molecule has 1 aromatic rings. The van der Waals surface area contributed by atoms with E-state index in [0.717, 1.165) is 17.7 Å². The Kier molecular flexibility index (Phi) is 4.06. The van der Waals surface area contributed by atoms with E-state index >= 15 is 0 Å². The lowest BCUT2D eigenvalue weighted by Crippen LogP contribution is -2.03. The second kappa shape index (κ2) is 5.38. The van der Waals surface area contributed by atoms with Crippen molar-refractivity contribution in [3.8, 4) is 5.75 Å². The van der Waals surface area contributed by atoms with Crippen LogP contribution in [0.4, 0.5) is 0 Å². The topological polar surface area (TPSA) is 29.5 Å². The van der Waals surface area contributed by atoms with Gasteiger partial charge in [-0.2, -0.15) is 0 Å². The number of aliphatic hydroxyl groups is 1. The molecule has 0 aliphatic rings. The molecule has 70 valence electrons. The molecule has 0 spiro atoms. The number of benzene rings is 1. The van der Waals surface area contributed by atoms with Gasteiger partial charge in [0.2, 0.25) is 0 Å². The maximum Gasteiger partial charge on any atom is 0.122 e. The van der Waals surface area contributed by atoms with E-state index in [1.807, 2.05) is 30.3 Å². The van der Waals surface area contributed by atoms with Gasteiger partial charge in [-0.25, -0.2) is 0 Å². The van der Waals surface area contributed by atoms with Crippen LogP contribution in [0.5, 0.6) is 5.75 Å². The molecule has 0 saturated heterocycles. The van der Waals surface area contributed by atoms with Gasteiger partial charge < -0.3 is 9.84 Å². The molecule has 0 fully saturated rings. The van der Waals surface area contributed by atoms with Crippen molar-refractivity contribution in [1.82, 2.24) is 0 Å². The van der Waals surface area contributed by atoms with Crippen molar-refractivity contribution >= 4 is 0 Å². The summed E-state index contributed by atoms with van der Waals surface area (Å²) in [4.78, 5) is 0. The minimum Gasteiger partial charge on any atom is -0.491 e. The standard InChI is InChI=1S/C11H14O2/c1-2-5-10-6-3-4-7-11(10)13-9-8-12/h2-4,6-7,12H,1,5,8-9H2/i9+2. The van der Waals surface area contributed by atoms with Crippen LogP contribution in [0.3, 0.4) is 0 Å². The van der Waals surface area contributed by atoms with Crippen molar-refractivity contribution in [3.63, 3.8) is 0 Å². The molecule has 2 nitrogen and oxygen atoms in total. The van der Waals surface area contributed by atoms with Crippen molar-refractivity contribution in [2.45, 2.75) is 6.42 Å². The normalized spacial score (nSPS) is 9.62. The molecule has 0 aliphatic heterocycles. The third-order valence-corrected chi connectivity index (χ3v) is 1.69. The molecular formula is C11H14O2. The Hall–Kier alpha value is -1.28. The smallest absolute Gasteiger partial charge is 0.122 e. The lowest BCUT2D eigenvalue weighted by atomic mass is 10.1. The average Bonchev–Trinajstić information content (AvgIpc) is 2.17. The highest BCUT2D eigenvalue weighted by Crippen LogP contribution is 2.18. The highest BCUT2D eigenvalue weighted by Gasteiger charge is 1.99. The molecule has 0 aliphatic carbocycles. The Bertz CT molecular complexity index is 269. The van der Waals surface area contributed by atoms with Gasteiger partial charge in [0, 0.05) is 0 Å². The van der Waals surface area contributed by atoms with E-state index in [1.165, 1.54) is 0 Å². The van der Waals surface area contributed by atoms with E-state index in [2.05, 4.69) is 6.58 Å². The lowest BCUT2D eigenvalue weighted by Gasteiger charge is -2.08. The second-order valence-corrected chi connectivity index (χ2v) is 2.67. The molecule has 0 heterocycles. The number of rotatable bonds is 5. The van der Waals surface area contributed by atoms with Crippen molar-refractivity contribution in [2.75, 3.05) is 13.2 Å². The molecule has 0 radical (unpaired) electrons. The Labute approximate surface area is 78.5 Å². The number of hydrogen-bond donors (Lipinski definition) is 1. The monoisotopic (exact) mass is 180 g/mol. The van der Waals surface area contributed by atoms with Crippen LogP contribution < -0.4 is 4.74 Å². The maximum absolute atomic E-state index is 8.60. The lowest BCUT2D eigenvalue weighted by molar-refractivity contribution is 0.200. The fourth-order valence-electron chi connectivity index (χ4n) is 1.12. The van der Waals surface area contributed by atoms with E-state index in [0.29, 0.717) is 6.61 Å². The molecule has 0 aromatic heterocycles. The summed E-state index contributed by atoms with van der Waals surface area (Å²) in [5.74, 6) is 0.830. The number of aliphatic hydroxyl groups excluding tert-OH is 1. The Balaban J connectivity index is 2.71. The average molecular weight is 180 g/mol. The van der Waals surface area contributed by atoms with Crippen LogP contribution in [0.15, 0.2) is 36.9 Å². The van der Waals surface area contributed by atoms with Gasteiger partial charge in [0.05, 0.1) is 6.61 Å². The van der Waals surface area contributed by atoms with Crippen LogP contribution in [0.1, 0.15) is 5.56 Å². The summed E-state index contributed by atoms with van der Waals surface area (Å²) in [6.45, 7) is 4.06. The molecule has 1 rings (SSSR count). The van der Waals surface area contributed by atoms with Gasteiger partial charge in [-0.1, -0.05) is 24.3 Å². The van der Waals surface area contributed by atoms with Crippen LogP contribution in [0.25, 0.3) is 0 Å². The first kappa shape index (κ1) is 9.81. The molecule has 13 heavy (non-hydrogen) atoms. The first-order valence-corrected chi connectivity index (χ1v) is 4.31. The van der Waals surface area contributed by atoms with E-state index in [9.17, 15) is 0 Å². The van der Waals surface area contributed by atoms with Gasteiger partial charge in [-0.05, 0) is 18.1 Å². The minimum absolute atomic E-state index is 0.0441. The molecule has 0 unspecified atom stereocenters. The van der Waals surface area contributed by atoms with E-state index in [1.54, 1.807) is 0 Å². The number of ether oxygens (including phenoxy) is 1. The molecule has 0 saturated carbocycles. The predicted octanol–water partition coefficient (Wildman–Crippen LogP) is 1.79. The minimum atomic E-state index is 0.0441. The quantitative estimate of drug-likeness (QED) is 0.700. The first-order chi connectivity index (χ1) is 6.38. The summed E-state index contributed by atoms with van der Waals surface area (Å²) in [7, 11) is 0. The van der Waals surface area contributed by atoms with E-state index in [-0.39, 0.29) is 6.61 Å². The second-order valence-electron chi connectivity index (χ2n) is 2.67. The van der Waals surface area contributed by atoms with Crippen molar-refractivity contribution in [1.29, 1.82) is 0 Å². The SMILES string of the molecule is C=CCc1ccccc1O[14CH2]CO. The summed E-state index contributed by atoms with van der Waals surface area (Å²) in [6.07, 6.45) is 2.63. The van der Waals surface area contributed by atoms with Gasteiger partial charge in [-0.3, -0.25) is 0 Å². The zero-order valence-corrected chi connectivity index (χ0v) is 7.57. The summed E-state index contributed by atoms with van der Waals surface area (Å²) in [5, 5.41) is 8.60. The molecule has 0 amide bonds. The molecule has 1 N–H and O–H groups in total. The fraction of sp³-hybridized carbons (Fsp3) is 0.273. The van der Waals surface area contributed by atoms with Crippen molar-refractivity contribution in [2.24, 2.45) is 0 Å². The summed E-state index contributed by atoms with van der Waals surface area (Å²) < 4.78 is 5.34. The number of para-hydroxylation sites is 1. The zero-order valence-electron chi connectivity index (χ0n) is 7.57. The molecule has 1 aromatic carbocycles. The summed E-state index contributed by atoms with van der Waals surface area (Å²) >= 11 is 0. The van der Waals surface area contributed by atoms with Gasteiger partial charge >= 0.3 is 0 Å². The largest absolute Gasteiger partial charge is 0.491 e. The molecule has 0 bridgehead atoms. The summed E-state index contributed by atoms with van der Waals surface area (Å²) in [6, 6.07) is 7.77. The maximum atomic E-state index is 8.60. The van der Waals surface area contributed by atoms with Crippen molar-refractivity contribution in [3.05, 3.63) is 42.5 Å². The predicted molar refractivity (Wildman–Crippen MR) is 52.9 cm³/mol.